The molecule has 0 saturated carbocycles. The van der Waals surface area contributed by atoms with Crippen LogP contribution >= 0.6 is 0 Å². The normalized spacial score (nSPS) is 12.3. The molecule has 0 aromatic carbocycles. The highest BCUT2D eigenvalue weighted by Crippen LogP contribution is 1.88. The van der Waals surface area contributed by atoms with Crippen molar-refractivity contribution in [3.8, 4) is 0 Å². The Labute approximate surface area is 48.8 Å². The summed E-state index contributed by atoms with van der Waals surface area (Å²) in [6, 6.07) is 0. The van der Waals surface area contributed by atoms with E-state index in [1.54, 1.807) is 0 Å². The van der Waals surface area contributed by atoms with Crippen molar-refractivity contribution in [3.05, 3.63) is 0 Å². The molecule has 0 fully saturated rings. The van der Waals surface area contributed by atoms with Crippen molar-refractivity contribution in [2.45, 2.75) is 34.5 Å². The van der Waals surface area contributed by atoms with E-state index >= 15 is 0 Å². The molecule has 0 bridgehead atoms. The Hall–Kier alpha value is -0.0800. The molecule has 0 atom stereocenters. The van der Waals surface area contributed by atoms with Gasteiger partial charge in [0.15, 0.2) is 5.79 Å². The molecular formula is C5H16O2. The maximum atomic E-state index is 6.26. The van der Waals surface area contributed by atoms with Crippen molar-refractivity contribution >= 4 is 0 Å². The van der Waals surface area contributed by atoms with Gasteiger partial charge in [-0.3, -0.25) is 0 Å². The van der Waals surface area contributed by atoms with E-state index in [1.165, 1.54) is 13.8 Å². The molecule has 48 valence electrons. The van der Waals surface area contributed by atoms with Crippen LogP contribution in [0.25, 0.3) is 0 Å². The van der Waals surface area contributed by atoms with E-state index in [9.17, 15) is 0 Å². The lowest BCUT2D eigenvalue weighted by Crippen LogP contribution is -2.15. The molecule has 0 saturated heterocycles. The van der Waals surface area contributed by atoms with Gasteiger partial charge in [-0.05, 0) is 13.8 Å². The van der Waals surface area contributed by atoms with E-state index in [1.807, 2.05) is 0 Å². The lowest BCUT2D eigenvalue weighted by molar-refractivity contribution is -0.127. The van der Waals surface area contributed by atoms with Crippen molar-refractivity contribution in [2.75, 3.05) is 0 Å². The van der Waals surface area contributed by atoms with Crippen molar-refractivity contribution in [1.82, 2.24) is 0 Å². The Morgan fingerprint density at radius 1 is 1.29 bits per heavy atom. The summed E-state index contributed by atoms with van der Waals surface area (Å²) in [5.41, 5.74) is 0. The van der Waals surface area contributed by atoms with E-state index < -0.39 is 5.79 Å². The fourth-order valence-electron chi connectivity index (χ4n) is 0. The summed E-state index contributed by atoms with van der Waals surface area (Å²) >= 11 is 0. The standard InChI is InChI=1S/C3H8O2.2CH4/c1-3(2,4)5;;/h4-5H,1-2H3;2*1H4/i4T,5T;;. The summed E-state index contributed by atoms with van der Waals surface area (Å²) in [6.45, 7) is 2.96. The van der Waals surface area contributed by atoms with Gasteiger partial charge >= 0.3 is 0 Å². The summed E-state index contributed by atoms with van der Waals surface area (Å²) < 4.78 is 12.5. The van der Waals surface area contributed by atoms with Crippen LogP contribution < -0.4 is 0 Å². The van der Waals surface area contributed by atoms with E-state index in [4.69, 9.17) is 2.86 Å². The number of rotatable bonds is 2. The number of hydrogen-bond donors (Lipinski definition) is 2. The quantitative estimate of drug-likeness (QED) is 0.523. The summed E-state index contributed by atoms with van der Waals surface area (Å²) in [5, 5.41) is 7.85. The molecule has 0 heterocycles. The molecule has 2 nitrogen and oxygen atoms in total. The Kier molecular flexibility index (Phi) is 4.04. The largest absolute Gasteiger partial charge is 0.366 e. The van der Waals surface area contributed by atoms with E-state index in [2.05, 4.69) is 10.2 Å². The number of hydrogen-bond acceptors (Lipinski definition) is 2. The maximum Gasteiger partial charge on any atom is 0.214 e. The number of aliphatic hydroxyl groups is 2. The van der Waals surface area contributed by atoms with Crippen LogP contribution in [0.5, 0.6) is 0 Å². The first kappa shape index (κ1) is 6.92. The lowest BCUT2D eigenvalue weighted by Gasteiger charge is -2.03. The molecule has 0 amide bonds. The maximum absolute atomic E-state index is 6.26. The molecule has 0 aromatic rings. The van der Waals surface area contributed by atoms with Gasteiger partial charge in [-0.25, -0.2) is 0 Å². The minimum Gasteiger partial charge on any atom is -0.366 e. The zero-order chi connectivity index (χ0) is 5.91. The van der Waals surface area contributed by atoms with Gasteiger partial charge in [0.25, 0.3) is 0 Å². The first-order valence-corrected chi connectivity index (χ1v) is 1.41. The Morgan fingerprint density at radius 3 is 1.57 bits per heavy atom. The Morgan fingerprint density at radius 2 is 1.57 bits per heavy atom. The highest BCUT2D eigenvalue weighted by Gasteiger charge is 2.00. The van der Waals surface area contributed by atoms with Crippen molar-refractivity contribution < 1.29 is 10.2 Å². The molecule has 0 rings (SSSR count). The predicted molar refractivity (Wildman–Crippen MR) is 32.0 cm³/mol. The summed E-state index contributed by atoms with van der Waals surface area (Å²) in [4.78, 5) is 0. The monoisotopic (exact) mass is 112 g/mol. The average molecular weight is 112 g/mol. The van der Waals surface area contributed by atoms with Gasteiger partial charge in [-0.2, -0.15) is 0 Å². The summed E-state index contributed by atoms with van der Waals surface area (Å²) in [6.07, 6.45) is 0. The third-order valence-corrected chi connectivity index (χ3v) is 0. The SMILES string of the molecule is C.C.[3H]OC(C)(C)O[3H]. The zero-order valence-corrected chi connectivity index (χ0v) is 3.32. The van der Waals surface area contributed by atoms with E-state index in [0.29, 0.717) is 0 Å². The molecule has 0 aliphatic rings. The van der Waals surface area contributed by atoms with Crippen LogP contribution in [-0.4, -0.2) is 18.9 Å². The van der Waals surface area contributed by atoms with Crippen LogP contribution in [-0.2, 0) is 0 Å². The average Bonchev–Trinajstić information content (AvgIpc) is 1.68. The third kappa shape index (κ3) is 14200. The molecule has 0 aromatic heterocycles. The Bertz CT molecular complexity index is 50.9. The van der Waals surface area contributed by atoms with E-state index in [0.717, 1.165) is 0 Å². The van der Waals surface area contributed by atoms with Gasteiger partial charge in [0.05, 0.1) is 0 Å². The molecule has 0 unspecified atom stereocenters. The first-order chi connectivity index (χ1) is 3.12. The minimum absolute atomic E-state index is 0. The second kappa shape index (κ2) is 4.09. The lowest BCUT2D eigenvalue weighted by atomic mass is 10.4. The molecule has 0 spiro atoms. The van der Waals surface area contributed by atoms with Crippen LogP contribution in [0.15, 0.2) is 0 Å². The van der Waals surface area contributed by atoms with Crippen molar-refractivity contribution in [2.24, 2.45) is 0 Å². The van der Waals surface area contributed by atoms with Crippen LogP contribution in [0.4, 0.5) is 0 Å². The van der Waals surface area contributed by atoms with Gasteiger partial charge in [0, 0.05) is 0 Å². The molecule has 0 radical (unpaired) electrons. The second-order valence-corrected chi connectivity index (χ2v) is 1.40. The minimum atomic E-state index is -1.08. The molecule has 2 N–H and O–H groups in total. The molecule has 0 aliphatic heterocycles. The fraction of sp³-hybridized carbons (Fsp3) is 1.00. The predicted octanol–water partition coefficient (Wildman–Crippen LogP) is 0.979. The third-order valence-electron chi connectivity index (χ3n) is 0. The van der Waals surface area contributed by atoms with Gasteiger partial charge in [-0.1, -0.05) is 14.9 Å². The fourth-order valence-corrected chi connectivity index (χ4v) is 0. The van der Waals surface area contributed by atoms with Gasteiger partial charge in [0.1, 0.15) is 0 Å². The smallest absolute Gasteiger partial charge is 0.214 e. The van der Waals surface area contributed by atoms with Crippen LogP contribution in [0.1, 0.15) is 28.7 Å². The molecule has 2 heteroatoms. The first-order valence-electron chi connectivity index (χ1n) is 2.22. The molecule has 0 aliphatic carbocycles. The van der Waals surface area contributed by atoms with Crippen LogP contribution in [0.3, 0.4) is 0 Å². The van der Waals surface area contributed by atoms with Crippen molar-refractivity contribution in [3.63, 3.8) is 0 Å². The van der Waals surface area contributed by atoms with Crippen molar-refractivity contribution in [1.29, 1.82) is 2.86 Å². The molecular weight excluding hydrogens is 92.1 g/mol. The van der Waals surface area contributed by atoms with Gasteiger partial charge in [-0.15, -0.1) is 0 Å². The highest BCUT2D eigenvalue weighted by molar-refractivity contribution is 4.37. The van der Waals surface area contributed by atoms with Crippen LogP contribution in [0, 0.1) is 0 Å². The molecule has 7 heavy (non-hydrogen) atoms. The second-order valence-electron chi connectivity index (χ2n) is 1.40. The topological polar surface area (TPSA) is 40.5 Å². The highest BCUT2D eigenvalue weighted by atomic mass is 16.5. The summed E-state index contributed by atoms with van der Waals surface area (Å²) in [5.74, 6) is -1.08. The summed E-state index contributed by atoms with van der Waals surface area (Å²) in [7, 11) is 0. The zero-order valence-electron chi connectivity index (χ0n) is 5.32. The van der Waals surface area contributed by atoms with Crippen LogP contribution in [0.2, 0.25) is 0 Å². The Balaban J connectivity index is -0.000000180. The van der Waals surface area contributed by atoms with Gasteiger partial charge < -0.3 is 10.2 Å². The van der Waals surface area contributed by atoms with E-state index in [-0.39, 0.29) is 14.9 Å². The van der Waals surface area contributed by atoms with Gasteiger partial charge in [0.2, 0.25) is 2.86 Å².